The van der Waals surface area contributed by atoms with E-state index in [9.17, 15) is 0 Å². The summed E-state index contributed by atoms with van der Waals surface area (Å²) < 4.78 is 31.3. The van der Waals surface area contributed by atoms with Crippen LogP contribution in [0.15, 0.2) is 279 Å². The summed E-state index contributed by atoms with van der Waals surface area (Å²) >= 11 is 0. The molecule has 0 fully saturated rings. The zero-order chi connectivity index (χ0) is 57.2. The van der Waals surface area contributed by atoms with Gasteiger partial charge in [0.2, 0.25) is 0 Å². The lowest BCUT2D eigenvalue weighted by Crippen LogP contribution is -2.13. The lowest BCUT2D eigenvalue weighted by Gasteiger charge is -2.29. The summed E-state index contributed by atoms with van der Waals surface area (Å²) in [5, 5.41) is 12.4. The van der Waals surface area contributed by atoms with Crippen LogP contribution in [-0.4, -0.2) is 4.40 Å². The van der Waals surface area contributed by atoms with Crippen molar-refractivity contribution in [3.05, 3.63) is 272 Å². The first kappa shape index (κ1) is 47.9. The monoisotopic (exact) mass is 1120 g/mol. The minimum absolute atomic E-state index is 0.784. The summed E-state index contributed by atoms with van der Waals surface area (Å²) in [6.45, 7) is 4.43. The summed E-state index contributed by atoms with van der Waals surface area (Å²) in [6, 6.07) is 93.3. The van der Waals surface area contributed by atoms with Crippen molar-refractivity contribution in [2.75, 3.05) is 9.80 Å². The van der Waals surface area contributed by atoms with E-state index >= 15 is 0 Å². The molecule has 6 aromatic heterocycles. The minimum Gasteiger partial charge on any atom is -0.454 e. The fourth-order valence-corrected chi connectivity index (χ4v) is 14.4. The topological polar surface area (TPSA) is 63.5 Å². The molecule has 0 bridgehead atoms. The molecule has 0 saturated heterocycles. The number of aromatic nitrogens is 1. The second-order valence-corrected chi connectivity index (χ2v) is 23.1. The van der Waals surface area contributed by atoms with Gasteiger partial charge in [-0.2, -0.15) is 0 Å². The third-order valence-corrected chi connectivity index (χ3v) is 18.3. The minimum atomic E-state index is 0.784. The molecule has 0 aliphatic carbocycles. The summed E-state index contributed by atoms with van der Waals surface area (Å²) in [4.78, 5) is 4.92. The Bertz CT molecular complexity index is 5690. The van der Waals surface area contributed by atoms with Gasteiger partial charge in [-0.1, -0.05) is 200 Å². The van der Waals surface area contributed by atoms with Crippen LogP contribution in [0, 0.1) is 13.8 Å². The van der Waals surface area contributed by atoms with Gasteiger partial charge in [0, 0.05) is 76.0 Å². The molecule has 0 saturated carbocycles. The Balaban J connectivity index is 1.01. The number of aryl methyl sites for hydroxylation is 2. The number of benzene rings is 13. The molecule has 7 heteroatoms. The smallest absolute Gasteiger partial charge is 0.160 e. The Morgan fingerprint density at radius 2 is 0.586 bits per heavy atom. The van der Waals surface area contributed by atoms with Gasteiger partial charge in [0.25, 0.3) is 0 Å². The molecular weight excluding hydrogens is 1070 g/mol. The highest BCUT2D eigenvalue weighted by molar-refractivity contribution is 6.36. The quantitative estimate of drug-likeness (QED) is 0.151. The molecule has 0 aliphatic rings. The van der Waals surface area contributed by atoms with Crippen LogP contribution in [0.25, 0.3) is 148 Å². The van der Waals surface area contributed by atoms with Gasteiger partial charge in [0.1, 0.15) is 33.4 Å². The van der Waals surface area contributed by atoms with Crippen molar-refractivity contribution in [3.8, 4) is 22.3 Å². The first-order chi connectivity index (χ1) is 43.0. The number of fused-ring (bicyclic) bond motifs is 20. The Morgan fingerprint density at radius 3 is 1.01 bits per heavy atom. The maximum atomic E-state index is 7.36. The normalized spacial score (nSPS) is 12.3. The standard InChI is InChI=1S/C80H49N3O4/c1-46-38-40-50(48-20-5-3-6-21-48)42-64(46)81(62-32-18-28-56-52-24-9-13-34-68(52)84-77(56)62)66-44-60-54-26-11-15-36-70(54)86-79(60)75-72(66)58-30-17-31-59-73-67(45-61-55-27-12-16-37-71(55)87-80(61)76(73)83(75)74(58)59)82(65-43-51(41-39-47(65)2)49-22-7-4-8-23-49)63-33-19-29-57-53-25-10-14-35-69(53)85-78(57)63/h3-45H,1-2H3. The van der Waals surface area contributed by atoms with E-state index in [1.165, 1.54) is 0 Å². The van der Waals surface area contributed by atoms with Crippen molar-refractivity contribution in [2.45, 2.75) is 13.8 Å². The van der Waals surface area contributed by atoms with Crippen LogP contribution in [0.5, 0.6) is 0 Å². The molecule has 19 rings (SSSR count). The van der Waals surface area contributed by atoms with Gasteiger partial charge in [-0.05, 0) is 108 Å². The molecule has 7 nitrogen and oxygen atoms in total. The first-order valence-corrected chi connectivity index (χ1v) is 29.6. The van der Waals surface area contributed by atoms with Crippen molar-refractivity contribution in [1.82, 2.24) is 4.40 Å². The number of anilines is 6. The highest BCUT2D eigenvalue weighted by Gasteiger charge is 2.34. The van der Waals surface area contributed by atoms with Crippen LogP contribution >= 0.6 is 0 Å². The van der Waals surface area contributed by atoms with Crippen molar-refractivity contribution < 1.29 is 17.7 Å². The molecular formula is C80H49N3O4. The molecule has 0 unspecified atom stereocenters. The number of hydrogen-bond donors (Lipinski definition) is 0. The van der Waals surface area contributed by atoms with Gasteiger partial charge in [-0.3, -0.25) is 0 Å². The highest BCUT2D eigenvalue weighted by atomic mass is 16.3. The fraction of sp³-hybridized carbons (Fsp3) is 0.0250. The number of hydrogen-bond acceptors (Lipinski definition) is 6. The maximum absolute atomic E-state index is 7.36. The maximum Gasteiger partial charge on any atom is 0.160 e. The largest absolute Gasteiger partial charge is 0.454 e. The highest BCUT2D eigenvalue weighted by Crippen LogP contribution is 2.57. The van der Waals surface area contributed by atoms with E-state index < -0.39 is 0 Å². The van der Waals surface area contributed by atoms with E-state index in [4.69, 9.17) is 17.7 Å². The zero-order valence-electron chi connectivity index (χ0n) is 47.3. The Hall–Kier alpha value is -11.5. The van der Waals surface area contributed by atoms with Crippen molar-refractivity contribution >= 4 is 160 Å². The Kier molecular flexibility index (Phi) is 9.90. The van der Waals surface area contributed by atoms with Gasteiger partial charge in [-0.25, -0.2) is 0 Å². The molecule has 0 spiro atoms. The van der Waals surface area contributed by atoms with Crippen molar-refractivity contribution in [3.63, 3.8) is 0 Å². The average Bonchev–Trinajstić information content (AvgIpc) is 1.55. The number of para-hydroxylation sites is 7. The predicted octanol–water partition coefficient (Wildman–Crippen LogP) is 23.3. The summed E-state index contributed by atoms with van der Waals surface area (Å²) in [5.74, 6) is 0. The summed E-state index contributed by atoms with van der Waals surface area (Å²) in [7, 11) is 0. The van der Waals surface area contributed by atoms with Crippen LogP contribution in [0.3, 0.4) is 0 Å². The van der Waals surface area contributed by atoms with E-state index in [1.807, 2.05) is 12.1 Å². The lowest BCUT2D eigenvalue weighted by atomic mass is 9.98. The summed E-state index contributed by atoms with van der Waals surface area (Å²) in [6.07, 6.45) is 0. The molecule has 0 aliphatic heterocycles. The SMILES string of the molecule is Cc1ccc(-c2ccccc2)cc1N(c1cccc2c1oc1ccccc12)c1cc2c3ccccc3oc2c2c1c1cccc3c4c(N(c5cc(-c6ccccc6)ccc5C)c5cccc6c5oc5ccccc56)cc5c6ccccc6oc5c4n2c13. The van der Waals surface area contributed by atoms with Gasteiger partial charge in [0.15, 0.2) is 22.3 Å². The fourth-order valence-electron chi connectivity index (χ4n) is 14.4. The van der Waals surface area contributed by atoms with Gasteiger partial charge >= 0.3 is 0 Å². The van der Waals surface area contributed by atoms with E-state index in [0.29, 0.717) is 0 Å². The second-order valence-electron chi connectivity index (χ2n) is 23.1. The van der Waals surface area contributed by atoms with E-state index in [2.05, 4.69) is 277 Å². The van der Waals surface area contributed by atoms with E-state index in [0.717, 1.165) is 193 Å². The Morgan fingerprint density at radius 1 is 0.241 bits per heavy atom. The van der Waals surface area contributed by atoms with Gasteiger partial charge < -0.3 is 31.9 Å². The second kappa shape index (κ2) is 18.0. The van der Waals surface area contributed by atoms with Crippen LogP contribution < -0.4 is 9.80 Å². The van der Waals surface area contributed by atoms with Crippen LogP contribution in [0.4, 0.5) is 34.1 Å². The number of rotatable bonds is 8. The molecule has 0 amide bonds. The molecule has 0 atom stereocenters. The molecule has 87 heavy (non-hydrogen) atoms. The van der Waals surface area contributed by atoms with Gasteiger partial charge in [0.05, 0.1) is 28.3 Å². The van der Waals surface area contributed by atoms with Gasteiger partial charge in [-0.15, -0.1) is 0 Å². The molecule has 408 valence electrons. The molecule has 0 N–H and O–H groups in total. The van der Waals surface area contributed by atoms with Crippen LogP contribution in [0.2, 0.25) is 0 Å². The van der Waals surface area contributed by atoms with Crippen LogP contribution in [0.1, 0.15) is 11.1 Å². The number of furan rings is 4. The van der Waals surface area contributed by atoms with Crippen LogP contribution in [-0.2, 0) is 0 Å². The lowest BCUT2D eigenvalue weighted by molar-refractivity contribution is 0.668. The average molecular weight is 1120 g/mol. The summed E-state index contributed by atoms with van der Waals surface area (Å²) in [5.41, 5.74) is 21.9. The third kappa shape index (κ3) is 6.76. The molecule has 6 heterocycles. The Labute approximate surface area is 497 Å². The molecule has 0 radical (unpaired) electrons. The molecule has 19 aromatic rings. The first-order valence-electron chi connectivity index (χ1n) is 29.6. The zero-order valence-corrected chi connectivity index (χ0v) is 47.3. The van der Waals surface area contributed by atoms with Crippen molar-refractivity contribution in [1.29, 1.82) is 0 Å². The van der Waals surface area contributed by atoms with E-state index in [-0.39, 0.29) is 0 Å². The predicted molar refractivity (Wildman–Crippen MR) is 360 cm³/mol. The number of nitrogens with zero attached hydrogens (tertiary/aromatic N) is 3. The molecule has 13 aromatic carbocycles. The third-order valence-electron chi connectivity index (χ3n) is 18.3. The van der Waals surface area contributed by atoms with Crippen molar-refractivity contribution in [2.24, 2.45) is 0 Å². The van der Waals surface area contributed by atoms with E-state index in [1.54, 1.807) is 0 Å².